The van der Waals surface area contributed by atoms with Crippen LogP contribution < -0.4 is 0 Å². The van der Waals surface area contributed by atoms with E-state index in [0.29, 0.717) is 5.92 Å². The van der Waals surface area contributed by atoms with Crippen LogP contribution in [0.3, 0.4) is 0 Å². The van der Waals surface area contributed by atoms with Gasteiger partial charge in [-0.3, -0.25) is 0 Å². The minimum absolute atomic E-state index is 0.146. The molecule has 1 saturated heterocycles. The molecule has 0 saturated carbocycles. The van der Waals surface area contributed by atoms with Gasteiger partial charge in [0.2, 0.25) is 0 Å². The van der Waals surface area contributed by atoms with Crippen molar-refractivity contribution in [2.45, 2.75) is 52.6 Å². The van der Waals surface area contributed by atoms with Crippen LogP contribution in [0.4, 0.5) is 0 Å². The van der Waals surface area contributed by atoms with Crippen LogP contribution in [0.2, 0.25) is 0 Å². The van der Waals surface area contributed by atoms with Gasteiger partial charge in [0.05, 0.1) is 6.10 Å². The highest BCUT2D eigenvalue weighted by atomic mass is 16.3. The number of piperidine rings is 1. The van der Waals surface area contributed by atoms with E-state index in [-0.39, 0.29) is 6.10 Å². The number of aliphatic hydroxyl groups is 1. The Bertz CT molecular complexity index is 162. The molecule has 0 aromatic rings. The summed E-state index contributed by atoms with van der Waals surface area (Å²) in [6, 6.07) is 0. The van der Waals surface area contributed by atoms with Gasteiger partial charge in [0.15, 0.2) is 0 Å². The van der Waals surface area contributed by atoms with Crippen LogP contribution in [0.1, 0.15) is 46.5 Å². The van der Waals surface area contributed by atoms with Gasteiger partial charge < -0.3 is 10.0 Å². The summed E-state index contributed by atoms with van der Waals surface area (Å²) < 4.78 is 0. The Morgan fingerprint density at radius 1 is 1.27 bits per heavy atom. The van der Waals surface area contributed by atoms with E-state index < -0.39 is 0 Å². The lowest BCUT2D eigenvalue weighted by Gasteiger charge is -2.33. The minimum atomic E-state index is -0.146. The molecule has 1 heterocycles. The normalized spacial score (nSPS) is 22.2. The van der Waals surface area contributed by atoms with Crippen molar-refractivity contribution < 1.29 is 5.11 Å². The van der Waals surface area contributed by atoms with Gasteiger partial charge in [0.25, 0.3) is 0 Å². The predicted molar refractivity (Wildman–Crippen MR) is 64.9 cm³/mol. The predicted octanol–water partition coefficient (Wildman–Crippen LogP) is 2.52. The van der Waals surface area contributed by atoms with Crippen molar-refractivity contribution in [1.82, 2.24) is 4.90 Å². The Balaban J connectivity index is 2.19. The first kappa shape index (κ1) is 13.0. The molecule has 90 valence electrons. The largest absolute Gasteiger partial charge is 0.392 e. The van der Waals surface area contributed by atoms with E-state index >= 15 is 0 Å². The first-order chi connectivity index (χ1) is 7.13. The molecule has 0 amide bonds. The summed E-state index contributed by atoms with van der Waals surface area (Å²) in [6.07, 6.45) is 5.23. The maximum Gasteiger partial charge on any atom is 0.0689 e. The Morgan fingerprint density at radius 2 is 1.87 bits per heavy atom. The van der Waals surface area contributed by atoms with Crippen molar-refractivity contribution in [3.8, 4) is 0 Å². The van der Waals surface area contributed by atoms with Gasteiger partial charge in [0.1, 0.15) is 0 Å². The van der Waals surface area contributed by atoms with Gasteiger partial charge in [0, 0.05) is 6.54 Å². The van der Waals surface area contributed by atoms with E-state index in [4.69, 9.17) is 0 Å². The molecular weight excluding hydrogens is 186 g/mol. The molecule has 1 aliphatic rings. The maximum atomic E-state index is 9.81. The van der Waals surface area contributed by atoms with Gasteiger partial charge in [-0.15, -0.1) is 0 Å². The van der Waals surface area contributed by atoms with Crippen LogP contribution in [-0.4, -0.2) is 35.7 Å². The fraction of sp³-hybridized carbons (Fsp3) is 1.00. The highest BCUT2D eigenvalue weighted by Gasteiger charge is 2.21. The van der Waals surface area contributed by atoms with Crippen molar-refractivity contribution in [2.75, 3.05) is 19.6 Å². The monoisotopic (exact) mass is 213 g/mol. The molecule has 1 fully saturated rings. The Kier molecular flexibility index (Phi) is 5.62. The molecule has 0 bridgehead atoms. The first-order valence-electron chi connectivity index (χ1n) is 6.54. The smallest absolute Gasteiger partial charge is 0.0689 e. The summed E-state index contributed by atoms with van der Waals surface area (Å²) in [6.45, 7) is 9.71. The summed E-state index contributed by atoms with van der Waals surface area (Å²) in [5.41, 5.74) is 0. The van der Waals surface area contributed by atoms with Gasteiger partial charge in [-0.05, 0) is 37.8 Å². The zero-order valence-corrected chi connectivity index (χ0v) is 10.6. The average molecular weight is 213 g/mol. The molecule has 0 radical (unpaired) electrons. The van der Waals surface area contributed by atoms with Gasteiger partial charge >= 0.3 is 0 Å². The Hall–Kier alpha value is -0.0800. The van der Waals surface area contributed by atoms with E-state index in [0.717, 1.165) is 12.5 Å². The van der Waals surface area contributed by atoms with Crippen molar-refractivity contribution >= 4 is 0 Å². The lowest BCUT2D eigenvalue weighted by molar-refractivity contribution is 0.0596. The third-order valence-corrected chi connectivity index (χ3v) is 3.62. The van der Waals surface area contributed by atoms with E-state index in [9.17, 15) is 5.11 Å². The number of hydrogen-bond donors (Lipinski definition) is 1. The molecule has 2 heteroatoms. The highest BCUT2D eigenvalue weighted by molar-refractivity contribution is 4.75. The molecule has 1 aliphatic heterocycles. The molecule has 0 aliphatic carbocycles. The summed E-state index contributed by atoms with van der Waals surface area (Å²) in [5, 5.41) is 9.81. The minimum Gasteiger partial charge on any atom is -0.392 e. The van der Waals surface area contributed by atoms with Gasteiger partial charge in [-0.25, -0.2) is 0 Å². The molecule has 1 atom stereocenters. The number of rotatable bonds is 5. The molecule has 0 aromatic carbocycles. The van der Waals surface area contributed by atoms with Crippen molar-refractivity contribution in [1.29, 1.82) is 0 Å². The third kappa shape index (κ3) is 4.52. The number of hydrogen-bond acceptors (Lipinski definition) is 2. The molecule has 1 rings (SSSR count). The van der Waals surface area contributed by atoms with Crippen LogP contribution in [-0.2, 0) is 0 Å². The molecule has 15 heavy (non-hydrogen) atoms. The van der Waals surface area contributed by atoms with Gasteiger partial charge in [-0.2, -0.15) is 0 Å². The molecule has 0 aromatic heterocycles. The molecule has 1 N–H and O–H groups in total. The van der Waals surface area contributed by atoms with Crippen molar-refractivity contribution in [2.24, 2.45) is 11.8 Å². The number of β-amino-alcohol motifs (C(OH)–C–C–N with tert-alkyl or cyclic N) is 1. The van der Waals surface area contributed by atoms with Crippen molar-refractivity contribution in [3.63, 3.8) is 0 Å². The fourth-order valence-corrected chi connectivity index (χ4v) is 2.34. The molecular formula is C13H27NO. The summed E-state index contributed by atoms with van der Waals surface area (Å²) in [5.74, 6) is 1.33. The summed E-state index contributed by atoms with van der Waals surface area (Å²) in [7, 11) is 0. The Morgan fingerprint density at radius 3 is 2.33 bits per heavy atom. The standard InChI is InChI=1S/C13H27NO/c1-4-5-12-6-8-14(9-7-12)10-13(15)11(2)3/h11-13,15H,4-10H2,1-3H3. The SMILES string of the molecule is CCCC1CCN(CC(O)C(C)C)CC1. The highest BCUT2D eigenvalue weighted by Crippen LogP contribution is 2.22. The van der Waals surface area contributed by atoms with Gasteiger partial charge in [-0.1, -0.05) is 33.6 Å². The Labute approximate surface area is 94.7 Å². The lowest BCUT2D eigenvalue weighted by atomic mass is 9.92. The molecule has 1 unspecified atom stereocenters. The van der Waals surface area contributed by atoms with E-state index in [1.807, 2.05) is 0 Å². The second kappa shape index (κ2) is 6.49. The summed E-state index contributed by atoms with van der Waals surface area (Å²) >= 11 is 0. The van der Waals surface area contributed by atoms with Crippen molar-refractivity contribution in [3.05, 3.63) is 0 Å². The first-order valence-corrected chi connectivity index (χ1v) is 6.54. The van der Waals surface area contributed by atoms with Crippen LogP contribution in [0.5, 0.6) is 0 Å². The van der Waals surface area contributed by atoms with Crippen LogP contribution in [0, 0.1) is 11.8 Å². The van der Waals surface area contributed by atoms with Crippen LogP contribution >= 0.6 is 0 Å². The zero-order chi connectivity index (χ0) is 11.3. The summed E-state index contributed by atoms with van der Waals surface area (Å²) in [4.78, 5) is 2.43. The topological polar surface area (TPSA) is 23.5 Å². The van der Waals surface area contributed by atoms with E-state index in [1.54, 1.807) is 0 Å². The van der Waals surface area contributed by atoms with Crippen LogP contribution in [0.15, 0.2) is 0 Å². The number of nitrogens with zero attached hydrogens (tertiary/aromatic N) is 1. The maximum absolute atomic E-state index is 9.81. The molecule has 0 spiro atoms. The van der Waals surface area contributed by atoms with E-state index in [1.165, 1.54) is 38.8 Å². The average Bonchev–Trinajstić information content (AvgIpc) is 2.21. The van der Waals surface area contributed by atoms with Crippen LogP contribution in [0.25, 0.3) is 0 Å². The lowest BCUT2D eigenvalue weighted by Crippen LogP contribution is -2.40. The zero-order valence-electron chi connectivity index (χ0n) is 10.6. The molecule has 2 nitrogen and oxygen atoms in total. The second-order valence-corrected chi connectivity index (χ2v) is 5.34. The fourth-order valence-electron chi connectivity index (χ4n) is 2.34. The second-order valence-electron chi connectivity index (χ2n) is 5.34. The van der Waals surface area contributed by atoms with E-state index in [2.05, 4.69) is 25.7 Å². The quantitative estimate of drug-likeness (QED) is 0.758. The number of aliphatic hydroxyl groups excluding tert-OH is 1. The number of likely N-dealkylation sites (tertiary alicyclic amines) is 1. The third-order valence-electron chi connectivity index (χ3n) is 3.62.